The first-order valence-electron chi connectivity index (χ1n) is 6.47. The third-order valence-corrected chi connectivity index (χ3v) is 5.21. The fourth-order valence-electron chi connectivity index (χ4n) is 3.16. The van der Waals surface area contributed by atoms with E-state index in [1.54, 1.807) is 12.5 Å². The molecule has 1 saturated carbocycles. The fourth-order valence-corrected chi connectivity index (χ4v) is 3.78. The van der Waals surface area contributed by atoms with Gasteiger partial charge in [0.05, 0.1) is 17.0 Å². The average molecular weight is 320 g/mol. The Kier molecular flexibility index (Phi) is 2.22. The second-order valence-electron chi connectivity index (χ2n) is 5.46. The van der Waals surface area contributed by atoms with E-state index in [9.17, 15) is 0 Å². The van der Waals surface area contributed by atoms with E-state index < -0.39 is 0 Å². The van der Waals surface area contributed by atoms with E-state index in [2.05, 4.69) is 22.9 Å². The molecule has 2 heterocycles. The predicted octanol–water partition coefficient (Wildman–Crippen LogP) is 4.32. The van der Waals surface area contributed by atoms with Gasteiger partial charge in [0.2, 0.25) is 0 Å². The summed E-state index contributed by atoms with van der Waals surface area (Å²) in [5, 5.41) is 2.17. The van der Waals surface area contributed by atoms with E-state index in [1.165, 1.54) is 5.56 Å². The molecule has 2 aromatic heterocycles. The quantitative estimate of drug-likeness (QED) is 0.765. The Bertz CT molecular complexity index is 728. The molecule has 0 spiro atoms. The lowest BCUT2D eigenvalue weighted by Gasteiger charge is -2.21. The smallest absolute Gasteiger partial charge is 0.149 e. The molecule has 0 aliphatic heterocycles. The number of rotatable bonds is 2. The molecule has 19 heavy (non-hydrogen) atoms. The summed E-state index contributed by atoms with van der Waals surface area (Å²) in [4.78, 5) is 0. The minimum atomic E-state index is 0.0406. The van der Waals surface area contributed by atoms with E-state index in [0.717, 1.165) is 39.3 Å². The molecule has 0 saturated heterocycles. The lowest BCUT2D eigenvalue weighted by Crippen LogP contribution is -2.31. The topological polar surface area (TPSA) is 52.3 Å². The standard InChI is InChI=1S/C15H14BrNO2/c1-8(17)15(4-5-15)11-9-2-6-19-14(9)12(16)10-3-7-18-13(10)11/h2-3,6-8H,4-5,17H2,1H3. The highest BCUT2D eigenvalue weighted by Gasteiger charge is 2.50. The van der Waals surface area contributed by atoms with Gasteiger partial charge in [0.15, 0.2) is 0 Å². The van der Waals surface area contributed by atoms with Crippen LogP contribution in [-0.4, -0.2) is 6.04 Å². The van der Waals surface area contributed by atoms with E-state index in [4.69, 9.17) is 14.6 Å². The van der Waals surface area contributed by atoms with Crippen LogP contribution in [0.1, 0.15) is 25.3 Å². The van der Waals surface area contributed by atoms with Crippen molar-refractivity contribution in [1.82, 2.24) is 0 Å². The summed E-state index contributed by atoms with van der Waals surface area (Å²) < 4.78 is 12.4. The van der Waals surface area contributed by atoms with E-state index in [-0.39, 0.29) is 11.5 Å². The van der Waals surface area contributed by atoms with Gasteiger partial charge in [-0.15, -0.1) is 0 Å². The van der Waals surface area contributed by atoms with Gasteiger partial charge in [-0.25, -0.2) is 0 Å². The van der Waals surface area contributed by atoms with Crippen LogP contribution in [0.2, 0.25) is 0 Å². The number of benzene rings is 1. The van der Waals surface area contributed by atoms with Crippen LogP contribution >= 0.6 is 15.9 Å². The van der Waals surface area contributed by atoms with Crippen LogP contribution in [0.5, 0.6) is 0 Å². The molecule has 1 aliphatic rings. The Hall–Kier alpha value is -1.26. The summed E-state index contributed by atoms with van der Waals surface area (Å²) in [6, 6.07) is 4.10. The maximum absolute atomic E-state index is 6.24. The van der Waals surface area contributed by atoms with Crippen molar-refractivity contribution in [3.63, 3.8) is 0 Å². The third-order valence-electron chi connectivity index (χ3n) is 4.42. The van der Waals surface area contributed by atoms with Crippen LogP contribution in [0.25, 0.3) is 21.9 Å². The number of furan rings is 2. The zero-order chi connectivity index (χ0) is 13.2. The first-order valence-corrected chi connectivity index (χ1v) is 7.26. The molecule has 1 fully saturated rings. The van der Waals surface area contributed by atoms with Crippen molar-refractivity contribution in [3.05, 3.63) is 34.7 Å². The van der Waals surface area contributed by atoms with Crippen molar-refractivity contribution in [1.29, 1.82) is 0 Å². The Morgan fingerprint density at radius 1 is 1.16 bits per heavy atom. The molecular weight excluding hydrogens is 306 g/mol. The number of halogens is 1. The van der Waals surface area contributed by atoms with Crippen molar-refractivity contribution in [2.45, 2.75) is 31.2 Å². The second-order valence-corrected chi connectivity index (χ2v) is 6.25. The predicted molar refractivity (Wildman–Crippen MR) is 78.2 cm³/mol. The third kappa shape index (κ3) is 1.36. The van der Waals surface area contributed by atoms with Crippen molar-refractivity contribution < 1.29 is 8.83 Å². The highest BCUT2D eigenvalue weighted by atomic mass is 79.9. The Morgan fingerprint density at radius 3 is 2.42 bits per heavy atom. The van der Waals surface area contributed by atoms with E-state index in [0.29, 0.717) is 0 Å². The molecule has 2 N–H and O–H groups in total. The van der Waals surface area contributed by atoms with Gasteiger partial charge in [0.1, 0.15) is 11.2 Å². The van der Waals surface area contributed by atoms with Gasteiger partial charge in [-0.05, 0) is 47.8 Å². The first-order chi connectivity index (χ1) is 9.15. The zero-order valence-electron chi connectivity index (χ0n) is 10.6. The molecule has 1 atom stereocenters. The summed E-state index contributed by atoms with van der Waals surface area (Å²) in [5.74, 6) is 0. The molecule has 98 valence electrons. The molecule has 1 aliphatic carbocycles. The molecule has 3 nitrogen and oxygen atoms in total. The van der Waals surface area contributed by atoms with Crippen LogP contribution < -0.4 is 5.73 Å². The molecule has 1 unspecified atom stereocenters. The number of fused-ring (bicyclic) bond motifs is 2. The van der Waals surface area contributed by atoms with Crippen molar-refractivity contribution in [2.75, 3.05) is 0 Å². The van der Waals surface area contributed by atoms with Crippen molar-refractivity contribution in [2.24, 2.45) is 5.73 Å². The van der Waals surface area contributed by atoms with E-state index in [1.807, 2.05) is 12.1 Å². The molecule has 4 rings (SSSR count). The van der Waals surface area contributed by atoms with Gasteiger partial charge >= 0.3 is 0 Å². The molecule has 0 bridgehead atoms. The molecule has 1 aromatic carbocycles. The minimum absolute atomic E-state index is 0.0406. The first kappa shape index (κ1) is 11.6. The second kappa shape index (κ2) is 3.64. The monoisotopic (exact) mass is 319 g/mol. The Balaban J connectivity index is 2.20. The van der Waals surface area contributed by atoms with Crippen LogP contribution in [0.3, 0.4) is 0 Å². The minimum Gasteiger partial charge on any atom is -0.464 e. The zero-order valence-corrected chi connectivity index (χ0v) is 12.2. The van der Waals surface area contributed by atoms with Gasteiger partial charge in [0.25, 0.3) is 0 Å². The van der Waals surface area contributed by atoms with E-state index >= 15 is 0 Å². The largest absolute Gasteiger partial charge is 0.464 e. The summed E-state index contributed by atoms with van der Waals surface area (Å²) in [6.07, 6.45) is 5.69. The maximum atomic E-state index is 6.24. The average Bonchev–Trinajstić information content (AvgIpc) is 2.85. The van der Waals surface area contributed by atoms with Gasteiger partial charge in [-0.2, -0.15) is 0 Å². The number of hydrogen-bond acceptors (Lipinski definition) is 3. The van der Waals surface area contributed by atoms with Gasteiger partial charge in [0, 0.05) is 27.8 Å². The SMILES string of the molecule is CC(N)C1(c2c3ccoc3c(Br)c3ccoc23)CC1. The number of hydrogen-bond donors (Lipinski definition) is 1. The van der Waals surface area contributed by atoms with Crippen LogP contribution in [-0.2, 0) is 5.41 Å². The normalized spacial score (nSPS) is 19.1. The number of nitrogens with two attached hydrogens (primary N) is 1. The molecule has 0 radical (unpaired) electrons. The molecular formula is C15H14BrNO2. The lowest BCUT2D eigenvalue weighted by atomic mass is 9.86. The van der Waals surface area contributed by atoms with Gasteiger partial charge in [-0.1, -0.05) is 0 Å². The lowest BCUT2D eigenvalue weighted by molar-refractivity contribution is 0.543. The Labute approximate surface area is 118 Å². The highest BCUT2D eigenvalue weighted by molar-refractivity contribution is 9.10. The van der Waals surface area contributed by atoms with Crippen molar-refractivity contribution >= 4 is 37.9 Å². The summed E-state index contributed by atoms with van der Waals surface area (Å²) >= 11 is 3.61. The molecule has 0 amide bonds. The maximum Gasteiger partial charge on any atom is 0.149 e. The summed E-state index contributed by atoms with van der Waals surface area (Å²) in [7, 11) is 0. The Morgan fingerprint density at radius 2 is 1.79 bits per heavy atom. The van der Waals surface area contributed by atoms with Crippen LogP contribution in [0.15, 0.2) is 38.0 Å². The molecule has 4 heteroatoms. The van der Waals surface area contributed by atoms with Gasteiger partial charge < -0.3 is 14.6 Å². The van der Waals surface area contributed by atoms with Crippen LogP contribution in [0, 0.1) is 0 Å². The molecule has 3 aromatic rings. The summed E-state index contributed by atoms with van der Waals surface area (Å²) in [6.45, 7) is 2.08. The fraction of sp³-hybridized carbons (Fsp3) is 0.333. The van der Waals surface area contributed by atoms with Gasteiger partial charge in [-0.3, -0.25) is 0 Å². The van der Waals surface area contributed by atoms with Crippen molar-refractivity contribution in [3.8, 4) is 0 Å². The van der Waals surface area contributed by atoms with Crippen LogP contribution in [0.4, 0.5) is 0 Å². The summed E-state index contributed by atoms with van der Waals surface area (Å²) in [5.41, 5.74) is 9.32. The highest BCUT2D eigenvalue weighted by Crippen LogP contribution is 2.55.